The van der Waals surface area contributed by atoms with Crippen LogP contribution in [0.1, 0.15) is 5.56 Å². The van der Waals surface area contributed by atoms with E-state index < -0.39 is 0 Å². The fourth-order valence-electron chi connectivity index (χ4n) is 8.58. The van der Waals surface area contributed by atoms with Crippen molar-refractivity contribution in [1.29, 1.82) is 0 Å². The van der Waals surface area contributed by atoms with Crippen molar-refractivity contribution >= 4 is 44.5 Å². The maximum absolute atomic E-state index is 4.16. The Bertz CT molecular complexity index is 3220. The molecule has 1 aromatic heterocycles. The van der Waals surface area contributed by atoms with Crippen LogP contribution >= 0.6 is 0 Å². The van der Waals surface area contributed by atoms with E-state index in [1.165, 1.54) is 87.6 Å². The molecule has 0 aliphatic carbocycles. The summed E-state index contributed by atoms with van der Waals surface area (Å²) >= 11 is 0. The number of nitrogens with zero attached hydrogens (tertiary/aromatic N) is 1. The molecular formula is C57H41N. The standard InChI is InChI=1S/C57H41N/c1-2-12-57-55(38-27-40-25-28-44(29-26-40)52-22-9-16-41-13-3-6-19-49(41)52)56(47-32-30-45(31-33-47)53-23-10-17-42-14-4-7-20-50(42)53)39-58(57)48-36-34-46(35-37-48)54-24-11-18-43-15-5-8-21-51(43)54/h2-26,28-39H,1,27H2/b55-38-,57-12+. The average Bonchev–Trinajstić information content (AvgIpc) is 3.65. The third-order valence-electron chi connectivity index (χ3n) is 11.5. The van der Waals surface area contributed by atoms with Crippen molar-refractivity contribution in [3.8, 4) is 50.2 Å². The van der Waals surface area contributed by atoms with Crippen molar-refractivity contribution in [3.63, 3.8) is 0 Å². The molecule has 0 aliphatic heterocycles. The predicted molar refractivity (Wildman–Crippen MR) is 249 cm³/mol. The van der Waals surface area contributed by atoms with Crippen molar-refractivity contribution in [2.24, 2.45) is 0 Å². The van der Waals surface area contributed by atoms with Crippen molar-refractivity contribution in [2.75, 3.05) is 0 Å². The summed E-state index contributed by atoms with van der Waals surface area (Å²) in [6, 6.07) is 72.6. The Kier molecular flexibility index (Phi) is 9.18. The molecule has 0 bridgehead atoms. The van der Waals surface area contributed by atoms with E-state index in [-0.39, 0.29) is 0 Å². The third-order valence-corrected chi connectivity index (χ3v) is 11.5. The Hall–Kier alpha value is -7.48. The van der Waals surface area contributed by atoms with Crippen LogP contribution in [0, 0.1) is 0 Å². The van der Waals surface area contributed by atoms with Crippen molar-refractivity contribution in [2.45, 2.75) is 6.42 Å². The van der Waals surface area contributed by atoms with E-state index in [1.54, 1.807) is 0 Å². The van der Waals surface area contributed by atoms with Gasteiger partial charge in [-0.2, -0.15) is 0 Å². The molecule has 0 amide bonds. The van der Waals surface area contributed by atoms with Crippen LogP contribution < -0.4 is 10.6 Å². The van der Waals surface area contributed by atoms with Gasteiger partial charge in [-0.05, 0) is 101 Å². The zero-order valence-electron chi connectivity index (χ0n) is 32.2. The Morgan fingerprint density at radius 3 is 1.26 bits per heavy atom. The average molecular weight is 740 g/mol. The van der Waals surface area contributed by atoms with E-state index >= 15 is 0 Å². The molecule has 0 aliphatic rings. The summed E-state index contributed by atoms with van der Waals surface area (Å²) in [7, 11) is 0. The number of hydrogen-bond acceptors (Lipinski definition) is 0. The SMILES string of the molecule is C=C/C=c1\c(=C/Cc2ccc(-c3cccc4ccccc34)cc2)c(-c2ccc(-c3cccc4ccccc34)cc2)cn1-c1ccc(-c2cccc3ccccc23)cc1. The van der Waals surface area contributed by atoms with E-state index in [1.807, 2.05) is 6.08 Å². The fraction of sp³-hybridized carbons (Fsp3) is 0.0175. The van der Waals surface area contributed by atoms with Crippen molar-refractivity contribution in [3.05, 3.63) is 235 Å². The lowest BCUT2D eigenvalue weighted by molar-refractivity contribution is 1.03. The van der Waals surface area contributed by atoms with Crippen LogP contribution in [0.25, 0.3) is 94.7 Å². The second-order valence-corrected chi connectivity index (χ2v) is 14.9. The summed E-state index contributed by atoms with van der Waals surface area (Å²) in [5, 5.41) is 9.85. The summed E-state index contributed by atoms with van der Waals surface area (Å²) in [5.41, 5.74) is 12.1. The highest BCUT2D eigenvalue weighted by Gasteiger charge is 2.12. The first-order valence-corrected chi connectivity index (χ1v) is 20.0. The van der Waals surface area contributed by atoms with Crippen LogP contribution in [0.5, 0.6) is 0 Å². The minimum atomic E-state index is 0.791. The number of benzene rings is 9. The zero-order valence-corrected chi connectivity index (χ0v) is 32.2. The van der Waals surface area contributed by atoms with Gasteiger partial charge in [0.2, 0.25) is 0 Å². The molecule has 10 aromatic rings. The second-order valence-electron chi connectivity index (χ2n) is 14.9. The zero-order chi connectivity index (χ0) is 38.8. The monoisotopic (exact) mass is 739 g/mol. The van der Waals surface area contributed by atoms with Gasteiger partial charge in [-0.15, -0.1) is 0 Å². The topological polar surface area (TPSA) is 4.93 Å². The largest absolute Gasteiger partial charge is 0.316 e. The molecule has 0 saturated heterocycles. The van der Waals surface area contributed by atoms with Crippen LogP contribution in [0.4, 0.5) is 0 Å². The molecule has 0 N–H and O–H groups in total. The minimum absolute atomic E-state index is 0.791. The lowest BCUT2D eigenvalue weighted by atomic mass is 9.96. The van der Waals surface area contributed by atoms with Gasteiger partial charge in [0, 0.05) is 22.7 Å². The van der Waals surface area contributed by atoms with Gasteiger partial charge in [-0.1, -0.05) is 207 Å². The van der Waals surface area contributed by atoms with Gasteiger partial charge in [0.15, 0.2) is 0 Å². The van der Waals surface area contributed by atoms with E-state index in [4.69, 9.17) is 0 Å². The number of fused-ring (bicyclic) bond motifs is 3. The maximum atomic E-state index is 4.16. The highest BCUT2D eigenvalue weighted by molar-refractivity contribution is 5.98. The van der Waals surface area contributed by atoms with Crippen molar-refractivity contribution in [1.82, 2.24) is 4.57 Å². The molecule has 0 unspecified atom stereocenters. The van der Waals surface area contributed by atoms with Gasteiger partial charge in [-0.25, -0.2) is 0 Å². The first-order chi connectivity index (χ1) is 28.7. The van der Waals surface area contributed by atoms with E-state index in [2.05, 4.69) is 230 Å². The lowest BCUT2D eigenvalue weighted by Crippen LogP contribution is -2.29. The van der Waals surface area contributed by atoms with Crippen LogP contribution in [-0.4, -0.2) is 4.57 Å². The van der Waals surface area contributed by atoms with Crippen LogP contribution in [0.15, 0.2) is 219 Å². The van der Waals surface area contributed by atoms with Gasteiger partial charge in [0.25, 0.3) is 0 Å². The lowest BCUT2D eigenvalue weighted by Gasteiger charge is -2.09. The second kappa shape index (κ2) is 15.2. The first-order valence-electron chi connectivity index (χ1n) is 20.0. The highest BCUT2D eigenvalue weighted by atomic mass is 15.0. The Morgan fingerprint density at radius 2 is 0.793 bits per heavy atom. The quantitative estimate of drug-likeness (QED) is 0.146. The number of allylic oxidation sites excluding steroid dienone is 1. The molecular weight excluding hydrogens is 699 g/mol. The Balaban J connectivity index is 1.07. The molecule has 1 heteroatoms. The predicted octanol–water partition coefficient (Wildman–Crippen LogP) is 13.6. The maximum Gasteiger partial charge on any atom is 0.0531 e. The molecule has 274 valence electrons. The summed E-state index contributed by atoms with van der Waals surface area (Å²) < 4.78 is 2.32. The van der Waals surface area contributed by atoms with Gasteiger partial charge in [0.1, 0.15) is 0 Å². The van der Waals surface area contributed by atoms with E-state index in [9.17, 15) is 0 Å². The molecule has 0 radical (unpaired) electrons. The highest BCUT2D eigenvalue weighted by Crippen LogP contribution is 2.32. The molecule has 10 rings (SSSR count). The summed E-state index contributed by atoms with van der Waals surface area (Å²) in [5.74, 6) is 0. The van der Waals surface area contributed by atoms with Crippen molar-refractivity contribution < 1.29 is 0 Å². The normalized spacial score (nSPS) is 12.1. The summed E-state index contributed by atoms with van der Waals surface area (Å²) in [6.45, 7) is 4.16. The summed E-state index contributed by atoms with van der Waals surface area (Å²) in [4.78, 5) is 0. The molecule has 1 heterocycles. The van der Waals surface area contributed by atoms with Gasteiger partial charge in [-0.3, -0.25) is 0 Å². The first kappa shape index (κ1) is 35.0. The smallest absolute Gasteiger partial charge is 0.0531 e. The number of aromatic nitrogens is 1. The molecule has 0 saturated carbocycles. The van der Waals surface area contributed by atoms with Crippen LogP contribution in [0.2, 0.25) is 0 Å². The molecule has 0 atom stereocenters. The van der Waals surface area contributed by atoms with Gasteiger partial charge >= 0.3 is 0 Å². The van der Waals surface area contributed by atoms with Crippen LogP contribution in [-0.2, 0) is 6.42 Å². The number of rotatable bonds is 8. The van der Waals surface area contributed by atoms with E-state index in [0.717, 1.165) is 17.5 Å². The summed E-state index contributed by atoms with van der Waals surface area (Å²) in [6.07, 6.45) is 9.52. The Morgan fingerprint density at radius 1 is 0.397 bits per heavy atom. The third kappa shape index (κ3) is 6.53. The van der Waals surface area contributed by atoms with Gasteiger partial charge in [0.05, 0.1) is 5.35 Å². The molecule has 9 aromatic carbocycles. The fourth-order valence-corrected chi connectivity index (χ4v) is 8.58. The minimum Gasteiger partial charge on any atom is -0.316 e. The van der Waals surface area contributed by atoms with E-state index in [0.29, 0.717) is 0 Å². The molecule has 1 nitrogen and oxygen atoms in total. The van der Waals surface area contributed by atoms with Gasteiger partial charge < -0.3 is 4.57 Å². The molecule has 58 heavy (non-hydrogen) atoms. The number of hydrogen-bond donors (Lipinski definition) is 0. The molecule has 0 fully saturated rings. The molecule has 0 spiro atoms. The Labute approximate surface area is 339 Å². The van der Waals surface area contributed by atoms with Crippen LogP contribution in [0.3, 0.4) is 0 Å².